The van der Waals surface area contributed by atoms with Gasteiger partial charge in [-0.2, -0.15) is 5.10 Å². The molecule has 1 aliphatic carbocycles. The lowest BCUT2D eigenvalue weighted by Crippen LogP contribution is -2.53. The molecule has 0 spiro atoms. The van der Waals surface area contributed by atoms with Gasteiger partial charge in [0.05, 0.1) is 25.9 Å². The number of aromatic nitrogens is 3. The first kappa shape index (κ1) is 18.4. The second-order valence-electron chi connectivity index (χ2n) is 7.66. The molecular weight excluding hydrogens is 340 g/mol. The standard InChI is InChI=1S/C21H30N4O2/c1-24-20(21(10-6-3-7-11-21)25-12-14-27-15-13-25)22-19(23-24)16-17-8-4-5-9-18(17)26-2/h4-5,8-9H,3,6-7,10-16H2,1-2H3. The van der Waals surface area contributed by atoms with Gasteiger partial charge in [-0.1, -0.05) is 37.5 Å². The molecule has 6 heteroatoms. The second kappa shape index (κ2) is 7.98. The van der Waals surface area contributed by atoms with Gasteiger partial charge >= 0.3 is 0 Å². The van der Waals surface area contributed by atoms with Gasteiger partial charge < -0.3 is 9.47 Å². The topological polar surface area (TPSA) is 52.4 Å². The summed E-state index contributed by atoms with van der Waals surface area (Å²) < 4.78 is 13.1. The van der Waals surface area contributed by atoms with Crippen molar-refractivity contribution in [3.63, 3.8) is 0 Å². The summed E-state index contributed by atoms with van der Waals surface area (Å²) in [6, 6.07) is 8.12. The van der Waals surface area contributed by atoms with Crippen LogP contribution in [0.25, 0.3) is 0 Å². The van der Waals surface area contributed by atoms with Crippen LogP contribution in [0.4, 0.5) is 0 Å². The lowest BCUT2D eigenvalue weighted by molar-refractivity contribution is -0.0456. The first-order valence-electron chi connectivity index (χ1n) is 10.1. The van der Waals surface area contributed by atoms with Gasteiger partial charge in [-0.15, -0.1) is 0 Å². The van der Waals surface area contributed by atoms with Crippen molar-refractivity contribution in [2.45, 2.75) is 44.1 Å². The molecule has 2 aromatic rings. The molecule has 1 saturated heterocycles. The molecule has 0 amide bonds. The van der Waals surface area contributed by atoms with E-state index in [4.69, 9.17) is 19.6 Å². The number of morpholine rings is 1. The average molecular weight is 370 g/mol. The summed E-state index contributed by atoms with van der Waals surface area (Å²) in [7, 11) is 3.76. The zero-order valence-electron chi connectivity index (χ0n) is 16.5. The van der Waals surface area contributed by atoms with Crippen molar-refractivity contribution in [1.29, 1.82) is 0 Å². The molecule has 1 aromatic carbocycles. The molecule has 0 bridgehead atoms. The van der Waals surface area contributed by atoms with E-state index < -0.39 is 0 Å². The quantitative estimate of drug-likeness (QED) is 0.810. The Bertz CT molecular complexity index is 761. The van der Waals surface area contributed by atoms with Crippen LogP contribution in [0.15, 0.2) is 24.3 Å². The van der Waals surface area contributed by atoms with Crippen LogP contribution in [0.2, 0.25) is 0 Å². The predicted octanol–water partition coefficient (Wildman–Crippen LogP) is 2.91. The molecule has 0 radical (unpaired) electrons. The maximum absolute atomic E-state index is 5.61. The Labute approximate surface area is 161 Å². The highest BCUT2D eigenvalue weighted by molar-refractivity contribution is 5.35. The molecule has 1 saturated carbocycles. The molecule has 4 rings (SSSR count). The summed E-state index contributed by atoms with van der Waals surface area (Å²) >= 11 is 0. The fourth-order valence-corrected chi connectivity index (χ4v) is 4.75. The van der Waals surface area contributed by atoms with Crippen LogP contribution in [-0.2, 0) is 23.7 Å². The predicted molar refractivity (Wildman–Crippen MR) is 104 cm³/mol. The normalized spacial score (nSPS) is 20.5. The summed E-state index contributed by atoms with van der Waals surface area (Å²) in [5.41, 5.74) is 1.13. The van der Waals surface area contributed by atoms with E-state index in [0.29, 0.717) is 6.42 Å². The number of para-hydroxylation sites is 1. The number of benzene rings is 1. The zero-order valence-corrected chi connectivity index (χ0v) is 16.5. The summed E-state index contributed by atoms with van der Waals surface area (Å²) in [4.78, 5) is 7.67. The highest BCUT2D eigenvalue weighted by atomic mass is 16.5. The Morgan fingerprint density at radius 2 is 1.85 bits per heavy atom. The Hall–Kier alpha value is -1.92. The Morgan fingerprint density at radius 1 is 1.11 bits per heavy atom. The van der Waals surface area contributed by atoms with E-state index in [1.807, 2.05) is 29.9 Å². The summed E-state index contributed by atoms with van der Waals surface area (Å²) in [6.07, 6.45) is 6.84. The Balaban J connectivity index is 1.65. The van der Waals surface area contributed by atoms with Gasteiger partial charge in [0, 0.05) is 32.1 Å². The molecule has 0 atom stereocenters. The minimum Gasteiger partial charge on any atom is -0.496 e. The lowest BCUT2D eigenvalue weighted by atomic mass is 9.79. The highest BCUT2D eigenvalue weighted by Gasteiger charge is 2.43. The van der Waals surface area contributed by atoms with Gasteiger partial charge in [0.25, 0.3) is 0 Å². The molecule has 0 N–H and O–H groups in total. The minimum absolute atomic E-state index is 0.00278. The monoisotopic (exact) mass is 370 g/mol. The smallest absolute Gasteiger partial charge is 0.155 e. The molecule has 2 fully saturated rings. The van der Waals surface area contributed by atoms with E-state index in [-0.39, 0.29) is 5.54 Å². The molecule has 2 heterocycles. The van der Waals surface area contributed by atoms with Gasteiger partial charge in [-0.3, -0.25) is 9.58 Å². The van der Waals surface area contributed by atoms with E-state index in [1.54, 1.807) is 7.11 Å². The largest absolute Gasteiger partial charge is 0.496 e. The Morgan fingerprint density at radius 3 is 2.59 bits per heavy atom. The first-order valence-corrected chi connectivity index (χ1v) is 10.1. The average Bonchev–Trinajstić information content (AvgIpc) is 3.10. The summed E-state index contributed by atoms with van der Waals surface area (Å²) in [5, 5.41) is 4.79. The van der Waals surface area contributed by atoms with Gasteiger partial charge in [-0.05, 0) is 18.9 Å². The van der Waals surface area contributed by atoms with Crippen LogP contribution < -0.4 is 4.74 Å². The van der Waals surface area contributed by atoms with Crippen LogP contribution in [0.5, 0.6) is 5.75 Å². The first-order chi connectivity index (χ1) is 13.2. The van der Waals surface area contributed by atoms with Crippen molar-refractivity contribution in [3.8, 4) is 5.75 Å². The van der Waals surface area contributed by atoms with Crippen molar-refractivity contribution < 1.29 is 9.47 Å². The minimum atomic E-state index is 0.00278. The van der Waals surface area contributed by atoms with Crippen LogP contribution >= 0.6 is 0 Å². The third-order valence-electron chi connectivity index (χ3n) is 6.06. The van der Waals surface area contributed by atoms with E-state index in [9.17, 15) is 0 Å². The fourth-order valence-electron chi connectivity index (χ4n) is 4.75. The number of nitrogens with zero attached hydrogens (tertiary/aromatic N) is 4. The lowest BCUT2D eigenvalue weighted by Gasteiger charge is -2.47. The molecule has 146 valence electrons. The van der Waals surface area contributed by atoms with Crippen LogP contribution in [0, 0.1) is 0 Å². The second-order valence-corrected chi connectivity index (χ2v) is 7.66. The SMILES string of the molecule is COc1ccccc1Cc1nc(C2(N3CCOCC3)CCCCC2)n(C)n1. The van der Waals surface area contributed by atoms with Crippen LogP contribution in [-0.4, -0.2) is 53.1 Å². The van der Waals surface area contributed by atoms with Gasteiger partial charge in [0.1, 0.15) is 11.6 Å². The van der Waals surface area contributed by atoms with Crippen molar-refractivity contribution in [2.24, 2.45) is 7.05 Å². The molecular formula is C21H30N4O2. The molecule has 2 aliphatic rings. The molecule has 0 unspecified atom stereocenters. The van der Waals surface area contributed by atoms with Gasteiger partial charge in [-0.25, -0.2) is 4.98 Å². The molecule has 1 aliphatic heterocycles. The van der Waals surface area contributed by atoms with Crippen molar-refractivity contribution >= 4 is 0 Å². The number of hydrogen-bond donors (Lipinski definition) is 0. The molecule has 6 nitrogen and oxygen atoms in total. The third-order valence-corrected chi connectivity index (χ3v) is 6.06. The zero-order chi connectivity index (χ0) is 18.7. The maximum atomic E-state index is 5.61. The maximum Gasteiger partial charge on any atom is 0.155 e. The Kier molecular flexibility index (Phi) is 5.45. The molecule has 1 aromatic heterocycles. The van der Waals surface area contributed by atoms with E-state index in [0.717, 1.165) is 62.1 Å². The van der Waals surface area contributed by atoms with E-state index in [1.165, 1.54) is 19.3 Å². The van der Waals surface area contributed by atoms with Crippen LogP contribution in [0.3, 0.4) is 0 Å². The number of aryl methyl sites for hydroxylation is 1. The molecule has 27 heavy (non-hydrogen) atoms. The fraction of sp³-hybridized carbons (Fsp3) is 0.619. The number of rotatable bonds is 5. The van der Waals surface area contributed by atoms with Gasteiger partial charge in [0.2, 0.25) is 0 Å². The highest BCUT2D eigenvalue weighted by Crippen LogP contribution is 2.42. The van der Waals surface area contributed by atoms with Crippen LogP contribution in [0.1, 0.15) is 49.3 Å². The van der Waals surface area contributed by atoms with Gasteiger partial charge in [0.15, 0.2) is 5.82 Å². The summed E-state index contributed by atoms with van der Waals surface area (Å²) in [5.74, 6) is 2.89. The van der Waals surface area contributed by atoms with E-state index in [2.05, 4.69) is 11.0 Å². The number of methoxy groups -OCH3 is 1. The van der Waals surface area contributed by atoms with Crippen molar-refractivity contribution in [2.75, 3.05) is 33.4 Å². The summed E-state index contributed by atoms with van der Waals surface area (Å²) in [6.45, 7) is 3.59. The number of ether oxygens (including phenoxy) is 2. The number of hydrogen-bond acceptors (Lipinski definition) is 5. The third kappa shape index (κ3) is 3.60. The van der Waals surface area contributed by atoms with Crippen molar-refractivity contribution in [3.05, 3.63) is 41.5 Å². The van der Waals surface area contributed by atoms with Crippen molar-refractivity contribution in [1.82, 2.24) is 19.7 Å². The van der Waals surface area contributed by atoms with E-state index >= 15 is 0 Å².